The van der Waals surface area contributed by atoms with Gasteiger partial charge in [0.15, 0.2) is 5.84 Å². The maximum atomic E-state index is 8.45. The summed E-state index contributed by atoms with van der Waals surface area (Å²) >= 11 is 0. The predicted molar refractivity (Wildman–Crippen MR) is 54.9 cm³/mol. The van der Waals surface area contributed by atoms with Crippen LogP contribution in [0.3, 0.4) is 0 Å². The van der Waals surface area contributed by atoms with Crippen molar-refractivity contribution in [2.24, 2.45) is 10.9 Å². The van der Waals surface area contributed by atoms with Crippen molar-refractivity contribution in [1.29, 1.82) is 0 Å². The van der Waals surface area contributed by atoms with Gasteiger partial charge in [-0.2, -0.15) is 0 Å². The van der Waals surface area contributed by atoms with Crippen LogP contribution >= 0.6 is 0 Å². The Kier molecular flexibility index (Phi) is 7.01. The van der Waals surface area contributed by atoms with Gasteiger partial charge in [-0.3, -0.25) is 0 Å². The molecule has 4 N–H and O–H groups in total. The average molecular weight is 185 g/mol. The molecule has 0 aromatic rings. The van der Waals surface area contributed by atoms with Crippen LogP contribution in [-0.4, -0.2) is 23.6 Å². The number of nitrogens with one attached hydrogen (secondary N) is 1. The van der Waals surface area contributed by atoms with E-state index >= 15 is 0 Å². The van der Waals surface area contributed by atoms with Crippen LogP contribution in [0.15, 0.2) is 17.3 Å². The molecule has 4 heteroatoms. The van der Waals surface area contributed by atoms with E-state index in [0.717, 1.165) is 19.4 Å². The summed E-state index contributed by atoms with van der Waals surface area (Å²) < 4.78 is 0. The van der Waals surface area contributed by atoms with Crippen molar-refractivity contribution >= 4 is 5.84 Å². The lowest BCUT2D eigenvalue weighted by Gasteiger charge is -2.14. The molecule has 76 valence electrons. The highest BCUT2D eigenvalue weighted by molar-refractivity contribution is 5.85. The second kappa shape index (κ2) is 7.61. The first-order valence-corrected chi connectivity index (χ1v) is 4.58. The van der Waals surface area contributed by atoms with Gasteiger partial charge >= 0.3 is 0 Å². The molecule has 0 saturated heterocycles. The molecule has 0 spiro atoms. The molecule has 0 rings (SSSR count). The molecule has 4 nitrogen and oxygen atoms in total. The number of allylic oxidation sites excluding steroid dienone is 1. The van der Waals surface area contributed by atoms with Gasteiger partial charge in [-0.05, 0) is 26.3 Å². The van der Waals surface area contributed by atoms with E-state index in [0.29, 0.717) is 0 Å². The molecule has 0 fully saturated rings. The largest absolute Gasteiger partial charge is 0.409 e. The fourth-order valence-electron chi connectivity index (χ4n) is 1.04. The summed E-state index contributed by atoms with van der Waals surface area (Å²) in [5.74, 6) is 0.253. The Bertz CT molecular complexity index is 178. The third-order valence-electron chi connectivity index (χ3n) is 1.82. The van der Waals surface area contributed by atoms with Gasteiger partial charge in [-0.25, -0.2) is 0 Å². The van der Waals surface area contributed by atoms with Crippen molar-refractivity contribution in [3.05, 3.63) is 12.2 Å². The van der Waals surface area contributed by atoms with E-state index in [-0.39, 0.29) is 11.9 Å². The molecule has 13 heavy (non-hydrogen) atoms. The number of hydrogen-bond donors (Lipinski definition) is 3. The molecule has 0 aliphatic heterocycles. The van der Waals surface area contributed by atoms with Gasteiger partial charge in [0.05, 0.1) is 6.04 Å². The van der Waals surface area contributed by atoms with Gasteiger partial charge < -0.3 is 16.3 Å². The van der Waals surface area contributed by atoms with E-state index in [1.54, 1.807) is 0 Å². The fraction of sp³-hybridized carbons (Fsp3) is 0.667. The van der Waals surface area contributed by atoms with Gasteiger partial charge in [0, 0.05) is 0 Å². The Morgan fingerprint density at radius 1 is 1.69 bits per heavy atom. The molecule has 0 saturated carbocycles. The molecule has 0 bridgehead atoms. The maximum Gasteiger partial charge on any atom is 0.156 e. The number of hydrogen-bond acceptors (Lipinski definition) is 3. The third-order valence-corrected chi connectivity index (χ3v) is 1.82. The molecular formula is C9H19N3O. The Balaban J connectivity index is 3.72. The minimum atomic E-state index is -0.0183. The lowest BCUT2D eigenvalue weighted by Crippen LogP contribution is -2.41. The lowest BCUT2D eigenvalue weighted by molar-refractivity contribution is 0.314. The Morgan fingerprint density at radius 2 is 2.38 bits per heavy atom. The van der Waals surface area contributed by atoms with Gasteiger partial charge in [0.2, 0.25) is 0 Å². The normalized spacial score (nSPS) is 15.1. The first kappa shape index (κ1) is 12.0. The molecule has 1 atom stereocenters. The van der Waals surface area contributed by atoms with Crippen LogP contribution in [0.25, 0.3) is 0 Å². The standard InChI is InChI=1S/C9H19N3O/c1-3-5-6-7-11-8(4-2)9(10)12-13/h3,5,8,11,13H,4,6-7H2,1-2H3,(H2,10,12)/b5-3+. The zero-order valence-corrected chi connectivity index (χ0v) is 8.33. The third kappa shape index (κ3) is 5.25. The summed E-state index contributed by atoms with van der Waals surface area (Å²) in [6.45, 7) is 4.82. The van der Waals surface area contributed by atoms with E-state index in [1.165, 1.54) is 0 Å². The Hall–Kier alpha value is -1.03. The lowest BCUT2D eigenvalue weighted by atomic mass is 10.2. The quantitative estimate of drug-likeness (QED) is 0.145. The van der Waals surface area contributed by atoms with Crippen molar-refractivity contribution in [3.8, 4) is 0 Å². The van der Waals surface area contributed by atoms with Crippen molar-refractivity contribution in [1.82, 2.24) is 5.32 Å². The molecule has 0 aromatic heterocycles. The summed E-state index contributed by atoms with van der Waals surface area (Å²) in [5.41, 5.74) is 5.46. The van der Waals surface area contributed by atoms with Crippen LogP contribution in [0, 0.1) is 0 Å². The number of rotatable bonds is 6. The first-order valence-electron chi connectivity index (χ1n) is 4.58. The van der Waals surface area contributed by atoms with Crippen LogP contribution in [-0.2, 0) is 0 Å². The first-order chi connectivity index (χ1) is 6.26. The Labute approximate surface area is 79.5 Å². The molecule has 0 aliphatic carbocycles. The Morgan fingerprint density at radius 3 is 2.85 bits per heavy atom. The van der Waals surface area contributed by atoms with Crippen molar-refractivity contribution in [3.63, 3.8) is 0 Å². The molecule has 0 radical (unpaired) electrons. The highest BCUT2D eigenvalue weighted by Crippen LogP contribution is 1.91. The van der Waals surface area contributed by atoms with Crippen LogP contribution in [0.4, 0.5) is 0 Å². The number of amidine groups is 1. The summed E-state index contributed by atoms with van der Waals surface area (Å²) in [6.07, 6.45) is 5.87. The molecule has 1 unspecified atom stereocenters. The molecule has 0 aromatic carbocycles. The van der Waals surface area contributed by atoms with Crippen LogP contribution < -0.4 is 11.1 Å². The molecule has 0 heterocycles. The van der Waals surface area contributed by atoms with Crippen LogP contribution in [0.1, 0.15) is 26.7 Å². The topological polar surface area (TPSA) is 70.6 Å². The zero-order chi connectivity index (χ0) is 10.1. The summed E-state index contributed by atoms with van der Waals surface area (Å²) in [7, 11) is 0. The van der Waals surface area contributed by atoms with Crippen molar-refractivity contribution < 1.29 is 5.21 Å². The summed E-state index contributed by atoms with van der Waals surface area (Å²) in [4.78, 5) is 0. The molecule has 0 amide bonds. The zero-order valence-electron chi connectivity index (χ0n) is 8.33. The van der Waals surface area contributed by atoms with Crippen LogP contribution in [0.5, 0.6) is 0 Å². The highest BCUT2D eigenvalue weighted by atomic mass is 16.4. The van der Waals surface area contributed by atoms with E-state index < -0.39 is 0 Å². The summed E-state index contributed by atoms with van der Waals surface area (Å²) in [6, 6.07) is -0.0183. The van der Waals surface area contributed by atoms with Gasteiger partial charge in [-0.1, -0.05) is 24.2 Å². The predicted octanol–water partition coefficient (Wildman–Crippen LogP) is 1.07. The van der Waals surface area contributed by atoms with E-state index in [1.807, 2.05) is 19.9 Å². The maximum absolute atomic E-state index is 8.45. The second-order valence-electron chi connectivity index (χ2n) is 2.80. The summed E-state index contributed by atoms with van der Waals surface area (Å²) in [5, 5.41) is 14.6. The van der Waals surface area contributed by atoms with E-state index in [4.69, 9.17) is 10.9 Å². The number of nitrogens with zero attached hydrogens (tertiary/aromatic N) is 1. The minimum absolute atomic E-state index is 0.0183. The molecule has 0 aliphatic rings. The monoisotopic (exact) mass is 185 g/mol. The average Bonchev–Trinajstić information content (AvgIpc) is 2.17. The van der Waals surface area contributed by atoms with Gasteiger partial charge in [-0.15, -0.1) is 0 Å². The highest BCUT2D eigenvalue weighted by Gasteiger charge is 2.08. The van der Waals surface area contributed by atoms with Crippen molar-refractivity contribution in [2.75, 3.05) is 6.54 Å². The smallest absolute Gasteiger partial charge is 0.156 e. The van der Waals surface area contributed by atoms with E-state index in [2.05, 4.69) is 16.5 Å². The molecular weight excluding hydrogens is 166 g/mol. The second-order valence-corrected chi connectivity index (χ2v) is 2.80. The fourth-order valence-corrected chi connectivity index (χ4v) is 1.04. The number of nitrogens with two attached hydrogens (primary N) is 1. The minimum Gasteiger partial charge on any atom is -0.409 e. The number of oxime groups is 1. The van der Waals surface area contributed by atoms with Crippen molar-refractivity contribution in [2.45, 2.75) is 32.7 Å². The van der Waals surface area contributed by atoms with E-state index in [9.17, 15) is 0 Å². The van der Waals surface area contributed by atoms with Gasteiger partial charge in [0.1, 0.15) is 0 Å². The van der Waals surface area contributed by atoms with Crippen LogP contribution in [0.2, 0.25) is 0 Å². The van der Waals surface area contributed by atoms with Gasteiger partial charge in [0.25, 0.3) is 0 Å². The SMILES string of the molecule is C/C=C/CCNC(CC)/C(N)=N/O.